The minimum atomic E-state index is -0.235. The monoisotopic (exact) mass is 326 g/mol. The molecule has 3 aromatic carbocycles. The number of halogens is 2. The number of benzene rings is 3. The Bertz CT molecular complexity index is 718. The van der Waals surface area contributed by atoms with Gasteiger partial charge in [-0.1, -0.05) is 76.6 Å². The summed E-state index contributed by atoms with van der Waals surface area (Å²) in [5.41, 5.74) is 4.42. The van der Waals surface area contributed by atoms with Crippen LogP contribution in [0.3, 0.4) is 0 Å². The van der Waals surface area contributed by atoms with Crippen molar-refractivity contribution >= 4 is 15.9 Å². The van der Waals surface area contributed by atoms with E-state index in [0.717, 1.165) is 15.6 Å². The normalized spacial score (nSPS) is 10.5. The predicted octanol–water partition coefficient (Wildman–Crippen LogP) is 5.92. The maximum atomic E-state index is 13.1. The number of hydrogen-bond donors (Lipinski definition) is 0. The molecule has 0 aliphatic heterocycles. The van der Waals surface area contributed by atoms with Crippen LogP contribution in [0.2, 0.25) is 0 Å². The molecule has 0 aliphatic carbocycles. The van der Waals surface area contributed by atoms with Crippen LogP contribution in [0.15, 0.2) is 77.3 Å². The van der Waals surface area contributed by atoms with Gasteiger partial charge in [-0.05, 0) is 34.4 Å². The molecule has 0 heterocycles. The van der Waals surface area contributed by atoms with E-state index in [1.54, 1.807) is 6.07 Å². The Balaban J connectivity index is 1.97. The fourth-order valence-electron chi connectivity index (χ4n) is 2.20. The van der Waals surface area contributed by atoms with Crippen LogP contribution >= 0.6 is 15.9 Å². The van der Waals surface area contributed by atoms with Crippen molar-refractivity contribution in [2.24, 2.45) is 0 Å². The third-order valence-corrected chi connectivity index (χ3v) is 3.89. The highest BCUT2D eigenvalue weighted by molar-refractivity contribution is 9.10. The van der Waals surface area contributed by atoms with Crippen LogP contribution in [0, 0.1) is 5.82 Å². The van der Waals surface area contributed by atoms with Gasteiger partial charge < -0.3 is 0 Å². The minimum absolute atomic E-state index is 0.235. The van der Waals surface area contributed by atoms with E-state index in [0.29, 0.717) is 0 Å². The summed E-state index contributed by atoms with van der Waals surface area (Å²) in [5, 5.41) is 0. The van der Waals surface area contributed by atoms with Crippen molar-refractivity contribution in [3.8, 4) is 22.3 Å². The minimum Gasteiger partial charge on any atom is -0.207 e. The van der Waals surface area contributed by atoms with Crippen LogP contribution < -0.4 is 0 Å². The Morgan fingerprint density at radius 3 is 1.90 bits per heavy atom. The molecule has 2 heteroatoms. The molecular weight excluding hydrogens is 315 g/mol. The summed E-state index contributed by atoms with van der Waals surface area (Å²) in [5.74, 6) is -0.235. The lowest BCUT2D eigenvalue weighted by Crippen LogP contribution is -1.83. The van der Waals surface area contributed by atoms with Gasteiger partial charge in [0.25, 0.3) is 0 Å². The highest BCUT2D eigenvalue weighted by Crippen LogP contribution is 2.30. The quantitative estimate of drug-likeness (QED) is 0.548. The summed E-state index contributed by atoms with van der Waals surface area (Å²) < 4.78 is 13.9. The molecule has 0 bridgehead atoms. The molecule has 0 aliphatic rings. The van der Waals surface area contributed by atoms with E-state index < -0.39 is 0 Å². The van der Waals surface area contributed by atoms with E-state index in [-0.39, 0.29) is 5.82 Å². The van der Waals surface area contributed by atoms with Crippen molar-refractivity contribution in [3.05, 3.63) is 83.1 Å². The van der Waals surface area contributed by atoms with Crippen LogP contribution in [0.5, 0.6) is 0 Å². The molecule has 0 amide bonds. The van der Waals surface area contributed by atoms with Crippen LogP contribution in [-0.4, -0.2) is 0 Å². The van der Waals surface area contributed by atoms with Gasteiger partial charge in [0.15, 0.2) is 0 Å². The Hall–Kier alpha value is -1.93. The van der Waals surface area contributed by atoms with Crippen LogP contribution in [0.25, 0.3) is 22.3 Å². The van der Waals surface area contributed by atoms with Gasteiger partial charge in [-0.25, -0.2) is 4.39 Å². The number of rotatable bonds is 2. The zero-order chi connectivity index (χ0) is 13.9. The summed E-state index contributed by atoms with van der Waals surface area (Å²) in [6.07, 6.45) is 0. The molecule has 0 N–H and O–H groups in total. The van der Waals surface area contributed by atoms with Crippen LogP contribution in [0.4, 0.5) is 4.39 Å². The lowest BCUT2D eigenvalue weighted by molar-refractivity contribution is 0.627. The molecule has 0 spiro atoms. The topological polar surface area (TPSA) is 0 Å². The van der Waals surface area contributed by atoms with Crippen molar-refractivity contribution in [3.63, 3.8) is 0 Å². The lowest BCUT2D eigenvalue weighted by atomic mass is 10.0. The van der Waals surface area contributed by atoms with Crippen molar-refractivity contribution in [1.29, 1.82) is 0 Å². The van der Waals surface area contributed by atoms with Gasteiger partial charge in [-0.3, -0.25) is 0 Å². The fourth-order valence-corrected chi connectivity index (χ4v) is 2.78. The van der Waals surface area contributed by atoms with Gasteiger partial charge in [0.05, 0.1) is 0 Å². The Kier molecular flexibility index (Phi) is 3.66. The van der Waals surface area contributed by atoms with Crippen molar-refractivity contribution in [2.45, 2.75) is 0 Å². The largest absolute Gasteiger partial charge is 0.207 e. The fraction of sp³-hybridized carbons (Fsp3) is 0. The van der Waals surface area contributed by atoms with E-state index in [9.17, 15) is 4.39 Å². The smallest absolute Gasteiger partial charge is 0.124 e. The molecule has 0 aromatic heterocycles. The Labute approximate surface area is 126 Å². The predicted molar refractivity (Wildman–Crippen MR) is 85.0 cm³/mol. The molecule has 3 aromatic rings. The van der Waals surface area contributed by atoms with E-state index in [2.05, 4.69) is 52.3 Å². The van der Waals surface area contributed by atoms with Gasteiger partial charge in [-0.2, -0.15) is 0 Å². The molecule has 0 atom stereocenters. The summed E-state index contributed by atoms with van der Waals surface area (Å²) >= 11 is 3.41. The molecule has 0 saturated carbocycles. The van der Waals surface area contributed by atoms with E-state index in [1.165, 1.54) is 23.3 Å². The van der Waals surface area contributed by atoms with Crippen molar-refractivity contribution in [2.75, 3.05) is 0 Å². The zero-order valence-electron chi connectivity index (χ0n) is 10.7. The third-order valence-electron chi connectivity index (χ3n) is 3.23. The molecular formula is C18H12BrF. The molecule has 3 rings (SSSR count). The first-order chi connectivity index (χ1) is 9.74. The third kappa shape index (κ3) is 2.66. The maximum absolute atomic E-state index is 13.1. The second-order valence-electron chi connectivity index (χ2n) is 4.57. The molecule has 0 nitrogen and oxygen atoms in total. The second-order valence-corrected chi connectivity index (χ2v) is 5.42. The molecule has 0 saturated heterocycles. The molecule has 98 valence electrons. The second kappa shape index (κ2) is 5.59. The standard InChI is InChI=1S/C18H12BrF/c19-18-12-16(20)10-11-17(18)15-8-6-14(7-9-15)13-4-2-1-3-5-13/h1-12H. The number of hydrogen-bond acceptors (Lipinski definition) is 0. The molecule has 0 unspecified atom stereocenters. The average Bonchev–Trinajstić information content (AvgIpc) is 2.48. The summed E-state index contributed by atoms with van der Waals surface area (Å²) in [7, 11) is 0. The maximum Gasteiger partial charge on any atom is 0.124 e. The van der Waals surface area contributed by atoms with Crippen molar-refractivity contribution in [1.82, 2.24) is 0 Å². The average molecular weight is 327 g/mol. The first-order valence-corrected chi connectivity index (χ1v) is 7.14. The molecule has 20 heavy (non-hydrogen) atoms. The van der Waals surface area contributed by atoms with E-state index >= 15 is 0 Å². The first-order valence-electron chi connectivity index (χ1n) is 6.35. The zero-order valence-corrected chi connectivity index (χ0v) is 12.3. The van der Waals surface area contributed by atoms with Crippen LogP contribution in [0.1, 0.15) is 0 Å². The van der Waals surface area contributed by atoms with Crippen molar-refractivity contribution < 1.29 is 4.39 Å². The first kappa shape index (κ1) is 13.1. The van der Waals surface area contributed by atoms with Gasteiger partial charge >= 0.3 is 0 Å². The van der Waals surface area contributed by atoms with Gasteiger partial charge in [0, 0.05) is 4.47 Å². The molecule has 0 fully saturated rings. The summed E-state index contributed by atoms with van der Waals surface area (Å²) in [6.45, 7) is 0. The Morgan fingerprint density at radius 2 is 1.25 bits per heavy atom. The van der Waals surface area contributed by atoms with E-state index in [4.69, 9.17) is 0 Å². The van der Waals surface area contributed by atoms with Gasteiger partial charge in [0.2, 0.25) is 0 Å². The van der Waals surface area contributed by atoms with Gasteiger partial charge in [0.1, 0.15) is 5.82 Å². The summed E-state index contributed by atoms with van der Waals surface area (Å²) in [6, 6.07) is 23.3. The van der Waals surface area contributed by atoms with Crippen LogP contribution in [-0.2, 0) is 0 Å². The lowest BCUT2D eigenvalue weighted by Gasteiger charge is -2.07. The summed E-state index contributed by atoms with van der Waals surface area (Å²) in [4.78, 5) is 0. The molecule has 0 radical (unpaired) electrons. The van der Waals surface area contributed by atoms with Gasteiger partial charge in [-0.15, -0.1) is 0 Å². The van der Waals surface area contributed by atoms with E-state index in [1.807, 2.05) is 18.2 Å². The highest BCUT2D eigenvalue weighted by atomic mass is 79.9. The Morgan fingerprint density at radius 1 is 0.650 bits per heavy atom. The highest BCUT2D eigenvalue weighted by Gasteiger charge is 2.05. The SMILES string of the molecule is Fc1ccc(-c2ccc(-c3ccccc3)cc2)c(Br)c1.